The van der Waals surface area contributed by atoms with Crippen LogP contribution in [0.3, 0.4) is 0 Å². The molecule has 1 heterocycles. The summed E-state index contributed by atoms with van der Waals surface area (Å²) in [4.78, 5) is 26.3. The summed E-state index contributed by atoms with van der Waals surface area (Å²) in [5.74, 6) is -4.41. The van der Waals surface area contributed by atoms with Crippen molar-refractivity contribution in [3.63, 3.8) is 0 Å². The average Bonchev–Trinajstić information content (AvgIpc) is 2.76. The normalized spacial score (nSPS) is 17.1. The Morgan fingerprint density at radius 3 is 2.61 bits per heavy atom. The molecule has 2 aromatic rings. The number of halogens is 2. The van der Waals surface area contributed by atoms with Crippen LogP contribution in [0.2, 0.25) is 0 Å². The topological polar surface area (TPSA) is 46.6 Å². The molecule has 7 heteroatoms. The van der Waals surface area contributed by atoms with E-state index >= 15 is 0 Å². The summed E-state index contributed by atoms with van der Waals surface area (Å²) in [7, 11) is 1.14. The molecule has 2 aromatic carbocycles. The van der Waals surface area contributed by atoms with Gasteiger partial charge in [0, 0.05) is 0 Å². The van der Waals surface area contributed by atoms with Crippen LogP contribution in [-0.2, 0) is 9.53 Å². The summed E-state index contributed by atoms with van der Waals surface area (Å²) in [5.41, 5.74) is 1.73. The second-order valence-electron chi connectivity index (χ2n) is 6.83. The summed E-state index contributed by atoms with van der Waals surface area (Å²) < 4.78 is 35.3. The van der Waals surface area contributed by atoms with Crippen molar-refractivity contribution in [2.24, 2.45) is 0 Å². The maximum atomic E-state index is 14.9. The number of esters is 1. The molecule has 0 aliphatic carbocycles. The molecule has 1 aliphatic heterocycles. The standard InChI is InChI=1S/C21H18F2NO3.Rb/c1-14-7-9-15(10-8-14)20(26)24-12-11-21(22,23)17(13-19(25)27-2)16-5-3-4-6-18(16)24;/h3-9,13H,11-12H2,1-2H3;/b17-13-;. The molecule has 1 aliphatic rings. The van der Waals surface area contributed by atoms with Crippen molar-refractivity contribution in [3.8, 4) is 0 Å². The fourth-order valence-electron chi connectivity index (χ4n) is 3.41. The van der Waals surface area contributed by atoms with Gasteiger partial charge in [-0.05, 0) is 0 Å². The Hall–Kier alpha value is -1.21. The first-order valence-corrected chi connectivity index (χ1v) is 11.4. The van der Waals surface area contributed by atoms with Crippen molar-refractivity contribution in [1.82, 2.24) is 0 Å². The van der Waals surface area contributed by atoms with Gasteiger partial charge in [-0.3, -0.25) is 0 Å². The van der Waals surface area contributed by atoms with E-state index in [1.807, 2.05) is 19.1 Å². The molecular weight excluding hydrogens is 438 g/mol. The van der Waals surface area contributed by atoms with E-state index in [4.69, 9.17) is 0 Å². The van der Waals surface area contributed by atoms with E-state index in [0.29, 0.717) is 11.3 Å². The summed E-state index contributed by atoms with van der Waals surface area (Å²) in [5, 5.41) is 0. The minimum absolute atomic E-state index is 0.0718. The number of amides is 1. The van der Waals surface area contributed by atoms with Gasteiger partial charge < -0.3 is 0 Å². The zero-order chi connectivity index (χ0) is 20.5. The molecule has 0 spiro atoms. The van der Waals surface area contributed by atoms with E-state index in [1.165, 1.54) is 11.0 Å². The van der Waals surface area contributed by atoms with Gasteiger partial charge in [0.05, 0.1) is 0 Å². The number of alkyl halides is 2. The van der Waals surface area contributed by atoms with Crippen molar-refractivity contribution in [1.29, 1.82) is 0 Å². The Balaban J connectivity index is 2.14. The third-order valence-electron chi connectivity index (χ3n) is 4.85. The first-order valence-electron chi connectivity index (χ1n) is 8.91. The number of fused-ring (bicyclic) bond motifs is 1. The molecule has 0 atom stereocenters. The number of benzene rings is 2. The van der Waals surface area contributed by atoms with Crippen molar-refractivity contribution < 1.29 is 23.1 Å². The molecule has 0 fully saturated rings. The Morgan fingerprint density at radius 2 is 1.93 bits per heavy atom. The summed E-state index contributed by atoms with van der Waals surface area (Å²) in [6, 6.07) is 12.0. The molecular formula is C21H18F2NO3Rb. The van der Waals surface area contributed by atoms with Crippen molar-refractivity contribution in [2.75, 3.05) is 18.6 Å². The van der Waals surface area contributed by atoms with Gasteiger partial charge in [0.1, 0.15) is 0 Å². The van der Waals surface area contributed by atoms with E-state index in [1.54, 1.807) is 24.3 Å². The Bertz CT molecular complexity index is 972. The zero-order valence-electron chi connectivity index (χ0n) is 16.0. The van der Waals surface area contributed by atoms with Gasteiger partial charge in [-0.25, -0.2) is 0 Å². The third kappa shape index (κ3) is 4.35. The third-order valence-corrected chi connectivity index (χ3v) is 6.88. The number of methoxy groups -OCH3 is 1. The molecule has 0 saturated heterocycles. The fourth-order valence-corrected chi connectivity index (χ4v) is 5.47. The van der Waals surface area contributed by atoms with Gasteiger partial charge in [-0.1, -0.05) is 0 Å². The zero-order valence-corrected chi connectivity index (χ0v) is 20.9. The second kappa shape index (κ2) is 8.65. The van der Waals surface area contributed by atoms with Crippen LogP contribution >= 0.6 is 0 Å². The number of nitrogens with zero attached hydrogens (tertiary/aromatic N) is 1. The maximum absolute atomic E-state index is 14.9. The number of rotatable bonds is 2. The van der Waals surface area contributed by atoms with Gasteiger partial charge in [0.25, 0.3) is 0 Å². The molecule has 0 radical (unpaired) electrons. The minimum atomic E-state index is -3.26. The first-order chi connectivity index (χ1) is 13.2. The van der Waals surface area contributed by atoms with Crippen LogP contribution in [0.25, 0.3) is 5.57 Å². The van der Waals surface area contributed by atoms with Gasteiger partial charge in [-0.2, -0.15) is 0 Å². The molecule has 3 rings (SSSR count). The molecule has 0 saturated carbocycles. The van der Waals surface area contributed by atoms with Crippen LogP contribution in [-0.4, -0.2) is 87.0 Å². The Labute approximate surface area is 201 Å². The van der Waals surface area contributed by atoms with E-state index in [2.05, 4.69) is 4.74 Å². The molecule has 0 unspecified atom stereocenters. The first kappa shape index (κ1) is 21.5. The molecule has 0 N–H and O–H groups in total. The number of ether oxygens (including phenoxy) is 1. The second-order valence-corrected chi connectivity index (χ2v) is 9.48. The van der Waals surface area contributed by atoms with Gasteiger partial charge in [0.2, 0.25) is 0 Å². The van der Waals surface area contributed by atoms with Crippen LogP contribution < -0.4 is 3.53 Å². The molecule has 140 valence electrons. The van der Waals surface area contributed by atoms with E-state index in [9.17, 15) is 18.4 Å². The predicted molar refractivity (Wildman–Crippen MR) is 104 cm³/mol. The van der Waals surface area contributed by atoms with Crippen LogP contribution in [0.5, 0.6) is 0 Å². The predicted octanol–water partition coefficient (Wildman–Crippen LogP) is 3.03. The number of hydrogen-bond acceptors (Lipinski definition) is 3. The number of carbonyl (C=O) groups excluding carboxylic acids is 2. The van der Waals surface area contributed by atoms with E-state index in [0.717, 1.165) is 17.4 Å². The van der Waals surface area contributed by atoms with Gasteiger partial charge >= 0.3 is 203 Å². The molecule has 4 nitrogen and oxygen atoms in total. The SMILES string of the molecule is COC(=O)/C=C1/c2ccccc2N(C(=O)c2ccc(C)c[c]2[Rb])CCC1(F)F. The fraction of sp³-hybridized carbons (Fsp3) is 0.238. The van der Waals surface area contributed by atoms with Crippen LogP contribution in [0, 0.1) is 6.92 Å². The van der Waals surface area contributed by atoms with E-state index < -0.39 is 23.9 Å². The number of carbonyl (C=O) groups is 2. The summed E-state index contributed by atoms with van der Waals surface area (Å²) >= 11 is 0.0718. The number of aryl methyl sites for hydroxylation is 1. The van der Waals surface area contributed by atoms with Crippen molar-refractivity contribution >= 4 is 77.3 Å². The quantitative estimate of drug-likeness (QED) is 0.516. The Kier molecular flexibility index (Phi) is 6.64. The van der Waals surface area contributed by atoms with Crippen LogP contribution in [0.1, 0.15) is 27.9 Å². The molecule has 0 aromatic heterocycles. The summed E-state index contributed by atoms with van der Waals surface area (Å²) in [6.07, 6.45) is 0.241. The van der Waals surface area contributed by atoms with Crippen molar-refractivity contribution in [2.45, 2.75) is 19.3 Å². The molecule has 1 amide bonds. The number of hydrogen-bond donors (Lipinski definition) is 0. The Morgan fingerprint density at radius 1 is 1.21 bits per heavy atom. The van der Waals surface area contributed by atoms with Crippen LogP contribution in [0.4, 0.5) is 14.5 Å². The number of para-hydroxylation sites is 1. The number of anilines is 1. The molecule has 0 bridgehead atoms. The monoisotopic (exact) mass is 455 g/mol. The average molecular weight is 456 g/mol. The van der Waals surface area contributed by atoms with Gasteiger partial charge in [0.15, 0.2) is 0 Å². The summed E-state index contributed by atoms with van der Waals surface area (Å²) in [6.45, 7) is 1.81. The van der Waals surface area contributed by atoms with Gasteiger partial charge in [-0.15, -0.1) is 0 Å². The van der Waals surface area contributed by atoms with Crippen LogP contribution in [0.15, 0.2) is 48.5 Å². The van der Waals surface area contributed by atoms with E-state index in [-0.39, 0.29) is 73.6 Å². The molecule has 28 heavy (non-hydrogen) atoms. The number of allylic oxidation sites excluding steroid dienone is 1. The van der Waals surface area contributed by atoms with Crippen molar-refractivity contribution in [3.05, 3.63) is 65.2 Å².